The molecule has 1 aromatic heterocycles. The number of hydrogen-bond acceptors (Lipinski definition) is 4. The summed E-state index contributed by atoms with van der Waals surface area (Å²) in [6, 6.07) is 16.2. The Balaban J connectivity index is 1.44. The van der Waals surface area contributed by atoms with E-state index in [-0.39, 0.29) is 17.9 Å². The number of thiazole rings is 1. The molecule has 7 heteroatoms. The first-order valence-electron chi connectivity index (χ1n) is 12.0. The fourth-order valence-corrected chi connectivity index (χ4v) is 5.80. The standard InChI is InChI=1S/C26H30N4O2S/c1-2-19-11-13-21(14-12-19)30(25-27-22-9-3-4-10-23(22)33-25)24(31)20-8-7-17-29(18-20)26(32)28-15-5-6-16-28/h3-4,9-14,20H,2,5-8,15-18H2,1H3. The van der Waals surface area contributed by atoms with Crippen LogP contribution >= 0.6 is 11.3 Å². The maximum absolute atomic E-state index is 14.0. The molecule has 3 aromatic rings. The first-order chi connectivity index (χ1) is 16.1. The lowest BCUT2D eigenvalue weighted by Gasteiger charge is -2.36. The van der Waals surface area contributed by atoms with Crippen LogP contribution in [0.2, 0.25) is 0 Å². The predicted molar refractivity (Wildman–Crippen MR) is 133 cm³/mol. The Morgan fingerprint density at radius 2 is 1.73 bits per heavy atom. The van der Waals surface area contributed by atoms with Gasteiger partial charge in [0.25, 0.3) is 0 Å². The Morgan fingerprint density at radius 1 is 1.00 bits per heavy atom. The molecular weight excluding hydrogens is 432 g/mol. The Hall–Kier alpha value is -2.93. The van der Waals surface area contributed by atoms with Crippen LogP contribution in [0.1, 0.15) is 38.2 Å². The summed E-state index contributed by atoms with van der Waals surface area (Å²) in [4.78, 5) is 37.3. The Morgan fingerprint density at radius 3 is 2.45 bits per heavy atom. The van der Waals surface area contributed by atoms with Gasteiger partial charge in [-0.15, -0.1) is 0 Å². The maximum Gasteiger partial charge on any atom is 0.320 e. The minimum Gasteiger partial charge on any atom is -0.325 e. The number of nitrogens with zero attached hydrogens (tertiary/aromatic N) is 4. The molecule has 0 radical (unpaired) electrons. The van der Waals surface area contributed by atoms with Crippen LogP contribution in [0.4, 0.5) is 15.6 Å². The number of aryl methyl sites for hydroxylation is 1. The minimum absolute atomic E-state index is 0.0252. The van der Waals surface area contributed by atoms with Crippen LogP contribution in [0.3, 0.4) is 0 Å². The molecule has 2 saturated heterocycles. The molecule has 2 aliphatic heterocycles. The number of anilines is 2. The Labute approximate surface area is 198 Å². The van der Waals surface area contributed by atoms with E-state index in [0.717, 1.165) is 67.6 Å². The van der Waals surface area contributed by atoms with Gasteiger partial charge in [0, 0.05) is 26.2 Å². The van der Waals surface area contributed by atoms with Crippen molar-refractivity contribution < 1.29 is 9.59 Å². The van der Waals surface area contributed by atoms with E-state index in [1.54, 1.807) is 4.90 Å². The van der Waals surface area contributed by atoms with Crippen LogP contribution in [0, 0.1) is 5.92 Å². The number of hydrogen-bond donors (Lipinski definition) is 0. The molecule has 172 valence electrons. The highest BCUT2D eigenvalue weighted by atomic mass is 32.1. The summed E-state index contributed by atoms with van der Waals surface area (Å²) in [5.74, 6) is -0.208. The molecule has 6 nitrogen and oxygen atoms in total. The fourth-order valence-electron chi connectivity index (χ4n) is 4.81. The minimum atomic E-state index is -0.233. The molecule has 2 fully saturated rings. The first kappa shape index (κ1) is 21.9. The summed E-state index contributed by atoms with van der Waals surface area (Å²) in [5, 5.41) is 0.688. The lowest BCUT2D eigenvalue weighted by Crippen LogP contribution is -2.49. The highest BCUT2D eigenvalue weighted by Gasteiger charge is 2.35. The van der Waals surface area contributed by atoms with Crippen LogP contribution in [0.25, 0.3) is 10.2 Å². The largest absolute Gasteiger partial charge is 0.325 e. The number of para-hydroxylation sites is 1. The molecule has 2 aliphatic rings. The third-order valence-electron chi connectivity index (χ3n) is 6.71. The number of amides is 3. The first-order valence-corrected chi connectivity index (χ1v) is 12.8. The zero-order chi connectivity index (χ0) is 22.8. The van der Waals surface area contributed by atoms with E-state index < -0.39 is 0 Å². The van der Waals surface area contributed by atoms with Gasteiger partial charge in [-0.2, -0.15) is 0 Å². The molecule has 0 spiro atoms. The normalized spacial score (nSPS) is 18.6. The van der Waals surface area contributed by atoms with Gasteiger partial charge in [0.15, 0.2) is 5.13 Å². The van der Waals surface area contributed by atoms with Crippen LogP contribution in [0.5, 0.6) is 0 Å². The number of rotatable bonds is 4. The zero-order valence-corrected chi connectivity index (χ0v) is 19.9. The second kappa shape index (κ2) is 9.51. The second-order valence-corrected chi connectivity index (χ2v) is 9.93. The molecule has 0 bridgehead atoms. The van der Waals surface area contributed by atoms with Gasteiger partial charge in [-0.3, -0.25) is 9.69 Å². The lowest BCUT2D eigenvalue weighted by molar-refractivity contribution is -0.122. The summed E-state index contributed by atoms with van der Waals surface area (Å²) in [6.45, 7) is 4.98. The predicted octanol–water partition coefficient (Wildman–Crippen LogP) is 5.45. The third-order valence-corrected chi connectivity index (χ3v) is 7.74. The second-order valence-electron chi connectivity index (χ2n) is 8.92. The number of aromatic nitrogens is 1. The van der Waals surface area contributed by atoms with Crippen molar-refractivity contribution in [2.75, 3.05) is 31.1 Å². The number of carbonyl (C=O) groups is 2. The van der Waals surface area contributed by atoms with Gasteiger partial charge in [0.1, 0.15) is 0 Å². The molecule has 0 saturated carbocycles. The van der Waals surface area contributed by atoms with Gasteiger partial charge in [-0.25, -0.2) is 9.78 Å². The molecule has 33 heavy (non-hydrogen) atoms. The SMILES string of the molecule is CCc1ccc(N(C(=O)C2CCCN(C(=O)N3CCCC3)C2)c2nc3ccccc3s2)cc1. The highest BCUT2D eigenvalue weighted by molar-refractivity contribution is 7.22. The van der Waals surface area contributed by atoms with Gasteiger partial charge in [0.2, 0.25) is 5.91 Å². The van der Waals surface area contributed by atoms with Crippen LogP contribution in [-0.4, -0.2) is 52.9 Å². The molecule has 3 heterocycles. The molecular formula is C26H30N4O2S. The number of urea groups is 1. The fraction of sp³-hybridized carbons (Fsp3) is 0.423. The van der Waals surface area contributed by atoms with E-state index in [0.29, 0.717) is 11.7 Å². The molecule has 2 aromatic carbocycles. The van der Waals surface area contributed by atoms with Crippen molar-refractivity contribution in [1.29, 1.82) is 0 Å². The molecule has 3 amide bonds. The molecule has 0 aliphatic carbocycles. The summed E-state index contributed by atoms with van der Waals surface area (Å²) < 4.78 is 1.06. The van der Waals surface area contributed by atoms with Crippen molar-refractivity contribution in [2.45, 2.75) is 39.0 Å². The monoisotopic (exact) mass is 462 g/mol. The van der Waals surface area contributed by atoms with Crippen molar-refractivity contribution in [3.05, 3.63) is 54.1 Å². The van der Waals surface area contributed by atoms with Crippen molar-refractivity contribution in [3.63, 3.8) is 0 Å². The van der Waals surface area contributed by atoms with E-state index in [4.69, 9.17) is 4.98 Å². The number of fused-ring (bicyclic) bond motifs is 1. The van der Waals surface area contributed by atoms with Gasteiger partial charge in [0.05, 0.1) is 21.8 Å². The quantitative estimate of drug-likeness (QED) is 0.518. The van der Waals surface area contributed by atoms with Gasteiger partial charge < -0.3 is 9.80 Å². The van der Waals surface area contributed by atoms with Crippen molar-refractivity contribution in [2.24, 2.45) is 5.92 Å². The van der Waals surface area contributed by atoms with Gasteiger partial charge in [-0.05, 0) is 61.9 Å². The summed E-state index contributed by atoms with van der Waals surface area (Å²) in [5.41, 5.74) is 2.96. The molecule has 5 rings (SSSR count). The van der Waals surface area contributed by atoms with Gasteiger partial charge in [-0.1, -0.05) is 42.5 Å². The molecule has 1 unspecified atom stereocenters. The van der Waals surface area contributed by atoms with E-state index in [1.165, 1.54) is 16.9 Å². The van der Waals surface area contributed by atoms with Crippen LogP contribution < -0.4 is 4.90 Å². The van der Waals surface area contributed by atoms with Crippen molar-refractivity contribution in [1.82, 2.24) is 14.8 Å². The topological polar surface area (TPSA) is 56.8 Å². The van der Waals surface area contributed by atoms with E-state index in [1.807, 2.05) is 46.2 Å². The Kier molecular flexibility index (Phi) is 6.31. The summed E-state index contributed by atoms with van der Waals surface area (Å²) >= 11 is 1.54. The van der Waals surface area contributed by atoms with E-state index >= 15 is 0 Å². The van der Waals surface area contributed by atoms with Gasteiger partial charge >= 0.3 is 6.03 Å². The van der Waals surface area contributed by atoms with E-state index in [2.05, 4.69) is 19.1 Å². The number of carbonyl (C=O) groups excluding carboxylic acids is 2. The molecule has 0 N–H and O–H groups in total. The van der Waals surface area contributed by atoms with Crippen LogP contribution in [-0.2, 0) is 11.2 Å². The number of benzene rings is 2. The zero-order valence-electron chi connectivity index (χ0n) is 19.1. The van der Waals surface area contributed by atoms with Crippen molar-refractivity contribution in [3.8, 4) is 0 Å². The summed E-state index contributed by atoms with van der Waals surface area (Å²) in [6.07, 6.45) is 4.73. The summed E-state index contributed by atoms with van der Waals surface area (Å²) in [7, 11) is 0. The average Bonchev–Trinajstić information content (AvgIpc) is 3.54. The Bertz CT molecular complexity index is 1100. The number of piperidine rings is 1. The lowest BCUT2D eigenvalue weighted by atomic mass is 9.96. The van der Waals surface area contributed by atoms with Crippen LogP contribution in [0.15, 0.2) is 48.5 Å². The third kappa shape index (κ3) is 4.47. The van der Waals surface area contributed by atoms with Crippen molar-refractivity contribution >= 4 is 44.3 Å². The maximum atomic E-state index is 14.0. The highest BCUT2D eigenvalue weighted by Crippen LogP contribution is 2.36. The van der Waals surface area contributed by atoms with E-state index in [9.17, 15) is 9.59 Å². The smallest absolute Gasteiger partial charge is 0.320 e. The average molecular weight is 463 g/mol. The molecule has 1 atom stereocenters. The number of likely N-dealkylation sites (tertiary alicyclic amines) is 2.